The fourth-order valence-electron chi connectivity index (χ4n) is 2.49. The minimum absolute atomic E-state index is 0.0411. The van der Waals surface area contributed by atoms with Crippen LogP contribution in [0.15, 0.2) is 30.3 Å². The first-order valence-electron chi connectivity index (χ1n) is 9.22. The lowest BCUT2D eigenvalue weighted by Crippen LogP contribution is -2.55. The Hall–Kier alpha value is -2.90. The lowest BCUT2D eigenvalue weighted by Gasteiger charge is -2.33. The fraction of sp³-hybridized carbons (Fsp3) is 0.500. The highest BCUT2D eigenvalue weighted by Gasteiger charge is 2.29. The van der Waals surface area contributed by atoms with E-state index >= 15 is 0 Å². The number of ether oxygens (including phenoxy) is 1. The number of carbonyl (C=O) groups excluding carboxylic acids is 2. The molecule has 0 aromatic heterocycles. The molecule has 1 rings (SSSR count). The van der Waals surface area contributed by atoms with Gasteiger partial charge in [0, 0.05) is 24.8 Å². The van der Waals surface area contributed by atoms with Gasteiger partial charge in [0.25, 0.3) is 5.69 Å². The highest BCUT2D eigenvalue weighted by molar-refractivity contribution is 5.92. The van der Waals surface area contributed by atoms with Crippen LogP contribution in [0.3, 0.4) is 0 Å². The predicted octanol–water partition coefficient (Wildman–Crippen LogP) is 3.81. The molecule has 154 valence electrons. The predicted molar refractivity (Wildman–Crippen MR) is 108 cm³/mol. The van der Waals surface area contributed by atoms with Crippen LogP contribution >= 0.6 is 0 Å². The SMILES string of the molecule is CCC(CC)(CNC(=O)OC(C)(C)C)NC(=O)C=Cc1cccc([N+](=O)[O-])c1. The average molecular weight is 391 g/mol. The zero-order valence-electron chi connectivity index (χ0n) is 17.1. The van der Waals surface area contributed by atoms with Crippen molar-refractivity contribution in [2.24, 2.45) is 0 Å². The Morgan fingerprint density at radius 2 is 1.86 bits per heavy atom. The third kappa shape index (κ3) is 7.77. The second kappa shape index (κ2) is 9.87. The summed E-state index contributed by atoms with van der Waals surface area (Å²) in [6, 6.07) is 6.01. The smallest absolute Gasteiger partial charge is 0.407 e. The molecular formula is C20H29N3O5. The van der Waals surface area contributed by atoms with Crippen LogP contribution in [0.25, 0.3) is 6.08 Å². The number of rotatable bonds is 8. The molecular weight excluding hydrogens is 362 g/mol. The fourth-order valence-corrected chi connectivity index (χ4v) is 2.49. The minimum Gasteiger partial charge on any atom is -0.444 e. The van der Waals surface area contributed by atoms with Crippen molar-refractivity contribution < 1.29 is 19.2 Å². The van der Waals surface area contributed by atoms with Gasteiger partial charge in [0.15, 0.2) is 0 Å². The van der Waals surface area contributed by atoms with Crippen LogP contribution in [0.1, 0.15) is 53.0 Å². The first-order chi connectivity index (χ1) is 13.0. The van der Waals surface area contributed by atoms with Crippen LogP contribution in [-0.2, 0) is 9.53 Å². The minimum atomic E-state index is -0.624. The second-order valence-corrected chi connectivity index (χ2v) is 7.52. The normalized spacial score (nSPS) is 11.9. The molecule has 0 heterocycles. The molecule has 0 saturated carbocycles. The maximum Gasteiger partial charge on any atom is 0.407 e. The van der Waals surface area contributed by atoms with Crippen molar-refractivity contribution in [1.82, 2.24) is 10.6 Å². The van der Waals surface area contributed by atoms with E-state index in [0.717, 1.165) is 0 Å². The van der Waals surface area contributed by atoms with Crippen molar-refractivity contribution in [3.05, 3.63) is 46.0 Å². The molecule has 0 radical (unpaired) electrons. The Balaban J connectivity index is 2.76. The molecule has 0 aliphatic rings. The standard InChI is InChI=1S/C20H29N3O5/c1-6-20(7-2,14-21-18(25)28-19(3,4)5)22-17(24)12-11-15-9-8-10-16(13-15)23(26)27/h8-13H,6-7,14H2,1-5H3,(H,21,25)(H,22,24). The number of nitrogens with zero attached hydrogens (tertiary/aromatic N) is 1. The second-order valence-electron chi connectivity index (χ2n) is 7.52. The monoisotopic (exact) mass is 391 g/mol. The molecule has 0 saturated heterocycles. The van der Waals surface area contributed by atoms with Gasteiger partial charge in [0.2, 0.25) is 5.91 Å². The van der Waals surface area contributed by atoms with E-state index in [2.05, 4.69) is 10.6 Å². The van der Waals surface area contributed by atoms with Gasteiger partial charge in [-0.2, -0.15) is 0 Å². The Labute approximate surface area is 165 Å². The molecule has 0 unspecified atom stereocenters. The Morgan fingerprint density at radius 1 is 1.21 bits per heavy atom. The van der Waals surface area contributed by atoms with Gasteiger partial charge >= 0.3 is 6.09 Å². The van der Waals surface area contributed by atoms with Crippen LogP contribution in [0, 0.1) is 10.1 Å². The molecule has 2 N–H and O–H groups in total. The van der Waals surface area contributed by atoms with E-state index in [4.69, 9.17) is 4.74 Å². The van der Waals surface area contributed by atoms with Crippen LogP contribution in [0.2, 0.25) is 0 Å². The molecule has 8 nitrogen and oxygen atoms in total. The highest BCUT2D eigenvalue weighted by Crippen LogP contribution is 2.16. The quantitative estimate of drug-likeness (QED) is 0.398. The van der Waals surface area contributed by atoms with E-state index < -0.39 is 22.2 Å². The summed E-state index contributed by atoms with van der Waals surface area (Å²) in [5, 5.41) is 16.5. The number of alkyl carbamates (subject to hydrolysis) is 1. The van der Waals surface area contributed by atoms with Crippen molar-refractivity contribution in [2.45, 2.75) is 58.6 Å². The highest BCUT2D eigenvalue weighted by atomic mass is 16.6. The lowest BCUT2D eigenvalue weighted by molar-refractivity contribution is -0.384. The molecule has 1 aromatic rings. The van der Waals surface area contributed by atoms with E-state index in [9.17, 15) is 19.7 Å². The molecule has 1 aromatic carbocycles. The number of nitro groups is 1. The van der Waals surface area contributed by atoms with Crippen LogP contribution in [0.5, 0.6) is 0 Å². The van der Waals surface area contributed by atoms with Gasteiger partial charge < -0.3 is 15.4 Å². The molecule has 0 fully saturated rings. The van der Waals surface area contributed by atoms with E-state index in [1.807, 2.05) is 13.8 Å². The number of carbonyl (C=O) groups is 2. The van der Waals surface area contributed by atoms with Crippen LogP contribution < -0.4 is 10.6 Å². The summed E-state index contributed by atoms with van der Waals surface area (Å²) in [7, 11) is 0. The third-order valence-corrected chi connectivity index (χ3v) is 4.22. The van der Waals surface area contributed by atoms with Crippen molar-refractivity contribution in [1.29, 1.82) is 0 Å². The van der Waals surface area contributed by atoms with E-state index in [1.54, 1.807) is 32.9 Å². The Kier molecular flexibility index (Phi) is 8.16. The van der Waals surface area contributed by atoms with Crippen LogP contribution in [-0.4, -0.2) is 34.6 Å². The summed E-state index contributed by atoms with van der Waals surface area (Å²) >= 11 is 0. The summed E-state index contributed by atoms with van der Waals surface area (Å²) < 4.78 is 5.23. The first-order valence-corrected chi connectivity index (χ1v) is 9.22. The van der Waals surface area contributed by atoms with Gasteiger partial charge in [-0.15, -0.1) is 0 Å². The van der Waals surface area contributed by atoms with Crippen molar-refractivity contribution in [3.63, 3.8) is 0 Å². The van der Waals surface area contributed by atoms with E-state index in [1.165, 1.54) is 24.3 Å². The number of benzene rings is 1. The summed E-state index contributed by atoms with van der Waals surface area (Å²) in [5.41, 5.74) is -0.716. The maximum absolute atomic E-state index is 12.4. The molecule has 0 atom stereocenters. The molecule has 8 heteroatoms. The number of hydrogen-bond donors (Lipinski definition) is 2. The maximum atomic E-state index is 12.4. The zero-order chi connectivity index (χ0) is 21.4. The van der Waals surface area contributed by atoms with Gasteiger partial charge in [0.05, 0.1) is 10.5 Å². The molecule has 2 amide bonds. The van der Waals surface area contributed by atoms with Crippen molar-refractivity contribution >= 4 is 23.8 Å². The first kappa shape index (κ1) is 23.1. The van der Waals surface area contributed by atoms with Gasteiger partial charge in [-0.05, 0) is 45.3 Å². The summed E-state index contributed by atoms with van der Waals surface area (Å²) in [6.07, 6.45) is 3.51. The number of amides is 2. The Bertz CT molecular complexity index is 734. The topological polar surface area (TPSA) is 111 Å². The largest absolute Gasteiger partial charge is 0.444 e. The number of nitro benzene ring substituents is 1. The average Bonchev–Trinajstić information content (AvgIpc) is 2.62. The molecule has 0 aliphatic carbocycles. The Morgan fingerprint density at radius 3 is 2.39 bits per heavy atom. The molecule has 0 spiro atoms. The number of nitrogens with one attached hydrogen (secondary N) is 2. The van der Waals surface area contributed by atoms with Gasteiger partial charge in [-0.1, -0.05) is 26.0 Å². The van der Waals surface area contributed by atoms with E-state index in [-0.39, 0.29) is 18.1 Å². The third-order valence-electron chi connectivity index (χ3n) is 4.22. The van der Waals surface area contributed by atoms with Gasteiger partial charge in [-0.3, -0.25) is 14.9 Å². The molecule has 0 aliphatic heterocycles. The molecule has 28 heavy (non-hydrogen) atoms. The lowest BCUT2D eigenvalue weighted by atomic mass is 9.92. The number of non-ortho nitro benzene ring substituents is 1. The van der Waals surface area contributed by atoms with Gasteiger partial charge in [-0.25, -0.2) is 4.79 Å². The van der Waals surface area contributed by atoms with Crippen molar-refractivity contribution in [3.8, 4) is 0 Å². The van der Waals surface area contributed by atoms with Crippen LogP contribution in [0.4, 0.5) is 10.5 Å². The van der Waals surface area contributed by atoms with E-state index in [0.29, 0.717) is 18.4 Å². The zero-order valence-corrected chi connectivity index (χ0v) is 17.1. The van der Waals surface area contributed by atoms with Crippen molar-refractivity contribution in [2.75, 3.05) is 6.54 Å². The number of hydrogen-bond acceptors (Lipinski definition) is 5. The summed E-state index contributed by atoms with van der Waals surface area (Å²) in [5.74, 6) is -0.346. The summed E-state index contributed by atoms with van der Waals surface area (Å²) in [4.78, 5) is 34.6. The van der Waals surface area contributed by atoms with Gasteiger partial charge in [0.1, 0.15) is 5.60 Å². The summed E-state index contributed by atoms with van der Waals surface area (Å²) in [6.45, 7) is 9.40. The molecule has 0 bridgehead atoms.